The fourth-order valence-corrected chi connectivity index (χ4v) is 11.2. The van der Waals surface area contributed by atoms with Crippen LogP contribution in [0.2, 0.25) is 0 Å². The van der Waals surface area contributed by atoms with Gasteiger partial charge in [0.25, 0.3) is 0 Å². The fraction of sp³-hybridized carbons (Fsp3) is 1.00. The first-order chi connectivity index (χ1) is 15.5. The van der Waals surface area contributed by atoms with E-state index in [0.29, 0.717) is 23.7 Å². The number of rotatable bonds is 2. The van der Waals surface area contributed by atoms with E-state index in [-0.39, 0.29) is 45.5 Å². The standard InChI is InChI=1S/C30H53NO3/c1-25(2)20-10-15-28(6)21(27(20,5)13-11-22(25)32)17-19(31)24-18(9-14-29(24,28)7)30(8)16-12-23(34-30)26(3,4)33/h18-24,32-33H,9-17,31H2,1-8H3/t18-,19-,20-,21+,22-,23+,24-,27-,28+,29+,30-/m0/s1. The Hall–Kier alpha value is -0.160. The van der Waals surface area contributed by atoms with Gasteiger partial charge < -0.3 is 20.7 Å². The lowest BCUT2D eigenvalue weighted by molar-refractivity contribution is -0.230. The molecule has 5 rings (SSSR count). The minimum Gasteiger partial charge on any atom is -0.393 e. The first kappa shape index (κ1) is 25.5. The van der Waals surface area contributed by atoms with Crippen molar-refractivity contribution in [2.45, 2.75) is 143 Å². The van der Waals surface area contributed by atoms with E-state index in [0.717, 1.165) is 32.1 Å². The van der Waals surface area contributed by atoms with E-state index in [4.69, 9.17) is 10.5 Å². The van der Waals surface area contributed by atoms with Gasteiger partial charge in [-0.25, -0.2) is 0 Å². The summed E-state index contributed by atoms with van der Waals surface area (Å²) in [5.41, 5.74) is 6.96. The zero-order valence-electron chi connectivity index (χ0n) is 23.3. The van der Waals surface area contributed by atoms with Gasteiger partial charge in [0.2, 0.25) is 0 Å². The van der Waals surface area contributed by atoms with Crippen LogP contribution in [0.25, 0.3) is 0 Å². The minimum atomic E-state index is -0.795. The maximum Gasteiger partial charge on any atom is 0.0865 e. The zero-order valence-corrected chi connectivity index (χ0v) is 23.3. The normalized spacial score (nSPS) is 57.1. The quantitative estimate of drug-likeness (QED) is 0.480. The van der Waals surface area contributed by atoms with Crippen molar-refractivity contribution in [3.8, 4) is 0 Å². The van der Waals surface area contributed by atoms with Gasteiger partial charge in [-0.05, 0) is 124 Å². The number of nitrogens with two attached hydrogens (primary N) is 1. The van der Waals surface area contributed by atoms with Gasteiger partial charge in [0.15, 0.2) is 0 Å². The van der Waals surface area contributed by atoms with E-state index < -0.39 is 5.60 Å². The number of fused-ring (bicyclic) bond motifs is 5. The molecular weight excluding hydrogens is 422 g/mol. The molecule has 1 aliphatic heterocycles. The molecule has 0 unspecified atom stereocenters. The Morgan fingerprint density at radius 3 is 2.09 bits per heavy atom. The van der Waals surface area contributed by atoms with Crippen molar-refractivity contribution in [2.24, 2.45) is 51.1 Å². The molecule has 0 amide bonds. The Labute approximate surface area is 208 Å². The monoisotopic (exact) mass is 475 g/mol. The van der Waals surface area contributed by atoms with Crippen LogP contribution < -0.4 is 5.73 Å². The van der Waals surface area contributed by atoms with E-state index in [1.54, 1.807) is 0 Å². The Bertz CT molecular complexity index is 820. The molecule has 5 fully saturated rings. The number of aliphatic hydroxyl groups excluding tert-OH is 1. The molecule has 0 aromatic rings. The Kier molecular flexibility index (Phi) is 5.59. The highest BCUT2D eigenvalue weighted by molar-refractivity contribution is 5.21. The lowest BCUT2D eigenvalue weighted by Gasteiger charge is -2.70. The lowest BCUT2D eigenvalue weighted by atomic mass is 9.35. The van der Waals surface area contributed by atoms with Gasteiger partial charge in [-0.3, -0.25) is 0 Å². The van der Waals surface area contributed by atoms with E-state index in [1.165, 1.54) is 25.7 Å². The van der Waals surface area contributed by atoms with Crippen LogP contribution in [0.3, 0.4) is 0 Å². The maximum atomic E-state index is 10.9. The van der Waals surface area contributed by atoms with Crippen molar-refractivity contribution in [3.63, 3.8) is 0 Å². The van der Waals surface area contributed by atoms with Crippen LogP contribution >= 0.6 is 0 Å². The Morgan fingerprint density at radius 2 is 1.47 bits per heavy atom. The molecule has 4 nitrogen and oxygen atoms in total. The van der Waals surface area contributed by atoms with Crippen molar-refractivity contribution in [1.82, 2.24) is 0 Å². The second-order valence-electron chi connectivity index (χ2n) is 15.5. The highest BCUT2D eigenvalue weighted by Crippen LogP contribution is 2.75. The molecule has 0 spiro atoms. The molecule has 0 aromatic heterocycles. The molecule has 1 heterocycles. The molecule has 1 saturated heterocycles. The summed E-state index contributed by atoms with van der Waals surface area (Å²) >= 11 is 0. The zero-order chi connectivity index (χ0) is 25.1. The maximum absolute atomic E-state index is 10.9. The van der Waals surface area contributed by atoms with Gasteiger partial charge in [-0.2, -0.15) is 0 Å². The van der Waals surface area contributed by atoms with Crippen molar-refractivity contribution in [1.29, 1.82) is 0 Å². The van der Waals surface area contributed by atoms with Gasteiger partial charge >= 0.3 is 0 Å². The van der Waals surface area contributed by atoms with E-state index in [2.05, 4.69) is 41.5 Å². The van der Waals surface area contributed by atoms with Crippen LogP contribution in [0.5, 0.6) is 0 Å². The molecule has 0 aromatic carbocycles. The topological polar surface area (TPSA) is 75.7 Å². The molecule has 196 valence electrons. The largest absolute Gasteiger partial charge is 0.393 e. The SMILES string of the molecule is CC(C)(O)[C@H]1CC[C@@](C)([C@H]2CC[C@]3(C)[C@@H]2[C@@H](N)C[C@@H]2[C@@]4(C)CC[C@H](O)C(C)(C)[C@@H]4CC[C@]23C)O1. The third kappa shape index (κ3) is 3.16. The van der Waals surface area contributed by atoms with Gasteiger partial charge in [-0.1, -0.05) is 34.6 Å². The van der Waals surface area contributed by atoms with Crippen LogP contribution in [-0.2, 0) is 4.74 Å². The first-order valence-electron chi connectivity index (χ1n) is 14.3. The Morgan fingerprint density at radius 1 is 0.824 bits per heavy atom. The van der Waals surface area contributed by atoms with E-state index >= 15 is 0 Å². The number of hydrogen-bond acceptors (Lipinski definition) is 4. The number of aliphatic hydroxyl groups is 2. The summed E-state index contributed by atoms with van der Waals surface area (Å²) in [6.45, 7) is 18.5. The third-order valence-electron chi connectivity index (χ3n) is 13.3. The molecule has 4 N–H and O–H groups in total. The molecule has 4 heteroatoms. The van der Waals surface area contributed by atoms with Crippen molar-refractivity contribution >= 4 is 0 Å². The molecule has 4 aliphatic carbocycles. The summed E-state index contributed by atoms with van der Waals surface area (Å²) in [6.07, 6.45) is 9.77. The molecule has 0 radical (unpaired) electrons. The van der Waals surface area contributed by atoms with E-state index in [9.17, 15) is 10.2 Å². The average molecular weight is 476 g/mol. The third-order valence-corrected chi connectivity index (χ3v) is 13.3. The summed E-state index contributed by atoms with van der Waals surface area (Å²) in [5.74, 6) is 2.12. The molecule has 11 atom stereocenters. The molecule has 4 saturated carbocycles. The average Bonchev–Trinajstić information content (AvgIpc) is 3.30. The molecule has 5 aliphatic rings. The van der Waals surface area contributed by atoms with E-state index in [1.807, 2.05) is 13.8 Å². The summed E-state index contributed by atoms with van der Waals surface area (Å²) < 4.78 is 6.72. The van der Waals surface area contributed by atoms with Crippen LogP contribution in [0.15, 0.2) is 0 Å². The Balaban J connectivity index is 1.48. The predicted octanol–water partition coefficient (Wildman–Crippen LogP) is 5.68. The smallest absolute Gasteiger partial charge is 0.0865 e. The molecular formula is C30H53NO3. The highest BCUT2D eigenvalue weighted by Gasteiger charge is 2.71. The number of ether oxygens (including phenoxy) is 1. The van der Waals surface area contributed by atoms with Crippen LogP contribution in [0.1, 0.15) is 113 Å². The van der Waals surface area contributed by atoms with Crippen LogP contribution in [-0.4, -0.2) is 39.7 Å². The predicted molar refractivity (Wildman–Crippen MR) is 137 cm³/mol. The second-order valence-corrected chi connectivity index (χ2v) is 15.5. The van der Waals surface area contributed by atoms with Crippen molar-refractivity contribution in [2.75, 3.05) is 0 Å². The van der Waals surface area contributed by atoms with Crippen molar-refractivity contribution < 1.29 is 14.9 Å². The summed E-state index contributed by atoms with van der Waals surface area (Å²) in [4.78, 5) is 0. The lowest BCUT2D eigenvalue weighted by Crippen LogP contribution is -2.67. The summed E-state index contributed by atoms with van der Waals surface area (Å²) in [7, 11) is 0. The van der Waals surface area contributed by atoms with Gasteiger partial charge in [-0.15, -0.1) is 0 Å². The van der Waals surface area contributed by atoms with Gasteiger partial charge in [0.1, 0.15) is 0 Å². The fourth-order valence-electron chi connectivity index (χ4n) is 11.2. The minimum absolute atomic E-state index is 0.0222. The summed E-state index contributed by atoms with van der Waals surface area (Å²) in [6, 6.07) is 0.197. The molecule has 34 heavy (non-hydrogen) atoms. The first-order valence-corrected chi connectivity index (χ1v) is 14.3. The van der Waals surface area contributed by atoms with Crippen molar-refractivity contribution in [3.05, 3.63) is 0 Å². The summed E-state index contributed by atoms with van der Waals surface area (Å²) in [5, 5.41) is 21.6. The highest BCUT2D eigenvalue weighted by atomic mass is 16.5. The number of hydrogen-bond donors (Lipinski definition) is 3. The molecule has 0 bridgehead atoms. The van der Waals surface area contributed by atoms with Crippen LogP contribution in [0, 0.1) is 45.3 Å². The van der Waals surface area contributed by atoms with Gasteiger partial charge in [0.05, 0.1) is 23.4 Å². The van der Waals surface area contributed by atoms with Crippen LogP contribution in [0.4, 0.5) is 0 Å². The van der Waals surface area contributed by atoms with Gasteiger partial charge in [0, 0.05) is 6.04 Å². The second kappa shape index (κ2) is 7.45.